The predicted molar refractivity (Wildman–Crippen MR) is 139 cm³/mol. The van der Waals surface area contributed by atoms with Gasteiger partial charge in [-0.3, -0.25) is 4.72 Å². The molecule has 192 valence electrons. The van der Waals surface area contributed by atoms with Crippen molar-refractivity contribution >= 4 is 44.5 Å². The fourth-order valence-corrected chi connectivity index (χ4v) is 4.41. The van der Waals surface area contributed by atoms with E-state index in [4.69, 9.17) is 0 Å². The first-order chi connectivity index (χ1) is 17.1. The molecule has 0 spiro atoms. The van der Waals surface area contributed by atoms with Crippen LogP contribution in [0.5, 0.6) is 0 Å². The van der Waals surface area contributed by atoms with Crippen molar-refractivity contribution in [3.63, 3.8) is 0 Å². The molecule has 1 fully saturated rings. The number of aromatic nitrogens is 2. The molecule has 9 nitrogen and oxygen atoms in total. The lowest BCUT2D eigenvalue weighted by molar-refractivity contribution is 0.310. The number of hydrogen-bond donors (Lipinski definition) is 3. The van der Waals surface area contributed by atoms with Gasteiger partial charge in [0, 0.05) is 49.3 Å². The summed E-state index contributed by atoms with van der Waals surface area (Å²) in [4.78, 5) is 12.5. The zero-order valence-corrected chi connectivity index (χ0v) is 21.2. The van der Waals surface area contributed by atoms with Crippen molar-refractivity contribution in [3.8, 4) is 0 Å². The first-order valence-electron chi connectivity index (χ1n) is 11.5. The maximum absolute atomic E-state index is 14.9. The zero-order valence-electron chi connectivity index (χ0n) is 20.3. The second kappa shape index (κ2) is 10.6. The largest absolute Gasteiger partial charge is 0.364 e. The van der Waals surface area contributed by atoms with Crippen LogP contribution in [0.15, 0.2) is 42.6 Å². The van der Waals surface area contributed by atoms with E-state index < -0.39 is 21.7 Å². The summed E-state index contributed by atoms with van der Waals surface area (Å²) in [6, 6.07) is 9.22. The first kappa shape index (κ1) is 25.6. The van der Waals surface area contributed by atoms with Gasteiger partial charge in [0.25, 0.3) is 0 Å². The minimum absolute atomic E-state index is 0.0283. The van der Waals surface area contributed by atoms with Crippen molar-refractivity contribution in [2.45, 2.75) is 13.8 Å². The summed E-state index contributed by atoms with van der Waals surface area (Å²) in [5.74, 6) is -0.741. The Balaban J connectivity index is 1.51. The van der Waals surface area contributed by atoms with Gasteiger partial charge in [-0.05, 0) is 51.2 Å². The molecule has 1 aromatic heterocycles. The molecule has 0 saturated carbocycles. The average Bonchev–Trinajstić information content (AvgIpc) is 2.82. The smallest absolute Gasteiger partial charge is 0.232 e. The number of aryl methyl sites for hydroxylation is 1. The molecule has 0 radical (unpaired) electrons. The Morgan fingerprint density at radius 3 is 2.31 bits per heavy atom. The lowest BCUT2D eigenvalue weighted by Gasteiger charge is -2.34. The van der Waals surface area contributed by atoms with E-state index in [2.05, 4.69) is 30.2 Å². The van der Waals surface area contributed by atoms with Crippen LogP contribution in [0.3, 0.4) is 0 Å². The minimum atomic E-state index is -3.41. The molecular weight excluding hydrogens is 488 g/mol. The van der Waals surface area contributed by atoms with Crippen molar-refractivity contribution in [2.75, 3.05) is 59.2 Å². The van der Waals surface area contributed by atoms with E-state index in [9.17, 15) is 17.2 Å². The highest BCUT2D eigenvalue weighted by molar-refractivity contribution is 7.92. The number of hydrogen-bond acceptors (Lipinski definition) is 8. The number of nitrogens with one attached hydrogen (secondary N) is 3. The fourth-order valence-electron chi connectivity index (χ4n) is 3.78. The van der Waals surface area contributed by atoms with Crippen LogP contribution in [-0.2, 0) is 10.0 Å². The van der Waals surface area contributed by atoms with Crippen LogP contribution in [0.25, 0.3) is 0 Å². The summed E-state index contributed by atoms with van der Waals surface area (Å²) >= 11 is 0. The van der Waals surface area contributed by atoms with Crippen LogP contribution >= 0.6 is 0 Å². The molecule has 36 heavy (non-hydrogen) atoms. The Kier molecular flexibility index (Phi) is 7.55. The van der Waals surface area contributed by atoms with Gasteiger partial charge in [-0.1, -0.05) is 6.07 Å². The summed E-state index contributed by atoms with van der Waals surface area (Å²) in [6.07, 6.45) is 1.58. The highest BCUT2D eigenvalue weighted by atomic mass is 32.2. The maximum Gasteiger partial charge on any atom is 0.232 e. The number of rotatable bonds is 8. The quantitative estimate of drug-likeness (QED) is 0.411. The molecule has 2 heterocycles. The summed E-state index contributed by atoms with van der Waals surface area (Å²) in [5.41, 5.74) is 1.90. The Bertz CT molecular complexity index is 1320. The van der Waals surface area contributed by atoms with Crippen molar-refractivity contribution < 1.29 is 17.2 Å². The minimum Gasteiger partial charge on any atom is -0.364 e. The van der Waals surface area contributed by atoms with E-state index in [0.29, 0.717) is 30.3 Å². The second-order valence-corrected chi connectivity index (χ2v) is 10.7. The van der Waals surface area contributed by atoms with Crippen LogP contribution in [0, 0.1) is 18.6 Å². The molecule has 0 aliphatic carbocycles. The molecule has 1 aliphatic heterocycles. The molecule has 3 aromatic rings. The normalized spacial score (nSPS) is 14.5. The molecule has 12 heteroatoms. The van der Waals surface area contributed by atoms with Crippen LogP contribution in [0.2, 0.25) is 0 Å². The highest BCUT2D eigenvalue weighted by Gasteiger charge is 2.22. The fraction of sp³-hybridized carbons (Fsp3) is 0.333. The second-order valence-electron chi connectivity index (χ2n) is 8.64. The van der Waals surface area contributed by atoms with Gasteiger partial charge in [0.2, 0.25) is 16.0 Å². The van der Waals surface area contributed by atoms with Gasteiger partial charge in [0.05, 0.1) is 11.4 Å². The number of anilines is 6. The predicted octanol–water partition coefficient (Wildman–Crippen LogP) is 4.06. The molecular formula is C24H29F2N7O2S. The van der Waals surface area contributed by atoms with Crippen molar-refractivity contribution in [2.24, 2.45) is 0 Å². The molecule has 1 saturated heterocycles. The number of nitrogens with zero attached hydrogens (tertiary/aromatic N) is 4. The topological polar surface area (TPSA) is 102 Å². The third-order valence-electron chi connectivity index (χ3n) is 5.84. The first-order valence-corrected chi connectivity index (χ1v) is 13.2. The summed E-state index contributed by atoms with van der Waals surface area (Å²) < 4.78 is 56.0. The van der Waals surface area contributed by atoms with E-state index in [1.54, 1.807) is 49.2 Å². The molecule has 0 amide bonds. The molecule has 1 aliphatic rings. The van der Waals surface area contributed by atoms with Gasteiger partial charge in [-0.15, -0.1) is 0 Å². The highest BCUT2D eigenvalue weighted by Crippen LogP contribution is 2.29. The van der Waals surface area contributed by atoms with Crippen LogP contribution in [0.4, 0.5) is 43.3 Å². The summed E-state index contributed by atoms with van der Waals surface area (Å²) in [5, 5.41) is 6.00. The monoisotopic (exact) mass is 517 g/mol. The van der Waals surface area contributed by atoms with Crippen LogP contribution in [0.1, 0.15) is 12.5 Å². The standard InChI is InChI=1S/C24H29F2N7O2S/c1-4-36(34,35)31-18-7-5-6-17(12-18)28-23-16(2)15-27-24(30-23)29-19-13-20(25)22(21(26)14-19)33-10-8-32(3)9-11-33/h5-7,12-15,31H,4,8-11H2,1-3H3,(H2,27,28,29,30). The van der Waals surface area contributed by atoms with E-state index in [0.717, 1.165) is 18.7 Å². The number of sulfonamides is 1. The third kappa shape index (κ3) is 6.18. The lowest BCUT2D eigenvalue weighted by Crippen LogP contribution is -2.45. The lowest BCUT2D eigenvalue weighted by atomic mass is 10.2. The van der Waals surface area contributed by atoms with Crippen molar-refractivity contribution in [3.05, 3.63) is 59.8 Å². The third-order valence-corrected chi connectivity index (χ3v) is 7.15. The molecule has 0 bridgehead atoms. The molecule has 2 aromatic carbocycles. The Labute approximate surface area is 209 Å². The molecule has 4 rings (SSSR count). The maximum atomic E-state index is 14.9. The van der Waals surface area contributed by atoms with Crippen LogP contribution < -0.4 is 20.3 Å². The van der Waals surface area contributed by atoms with Gasteiger partial charge < -0.3 is 20.4 Å². The van der Waals surface area contributed by atoms with E-state index in [-0.39, 0.29) is 23.1 Å². The van der Waals surface area contributed by atoms with Gasteiger partial charge in [0.1, 0.15) is 11.5 Å². The Morgan fingerprint density at radius 1 is 0.972 bits per heavy atom. The number of benzene rings is 2. The van der Waals surface area contributed by atoms with Gasteiger partial charge in [0.15, 0.2) is 11.6 Å². The molecule has 3 N–H and O–H groups in total. The Hall–Kier alpha value is -3.51. The van der Waals surface area contributed by atoms with Crippen molar-refractivity contribution in [1.29, 1.82) is 0 Å². The average molecular weight is 518 g/mol. The number of halogens is 2. The SMILES string of the molecule is CCS(=O)(=O)Nc1cccc(Nc2nc(Nc3cc(F)c(N4CCN(C)CC4)c(F)c3)ncc2C)c1. The molecule has 0 atom stereocenters. The van der Waals surface area contributed by atoms with Crippen molar-refractivity contribution in [1.82, 2.24) is 14.9 Å². The van der Waals surface area contributed by atoms with E-state index >= 15 is 0 Å². The van der Waals surface area contributed by atoms with Crippen LogP contribution in [-0.4, -0.2) is 62.3 Å². The summed E-state index contributed by atoms with van der Waals surface area (Å²) in [7, 11) is -1.43. The Morgan fingerprint density at radius 2 is 1.64 bits per heavy atom. The van der Waals surface area contributed by atoms with Gasteiger partial charge >= 0.3 is 0 Å². The van der Waals surface area contributed by atoms with Gasteiger partial charge in [-0.2, -0.15) is 4.98 Å². The van der Waals surface area contributed by atoms with Gasteiger partial charge in [-0.25, -0.2) is 22.2 Å². The van der Waals surface area contributed by atoms with E-state index in [1.807, 2.05) is 7.05 Å². The zero-order chi connectivity index (χ0) is 25.9. The number of piperazine rings is 1. The summed E-state index contributed by atoms with van der Waals surface area (Å²) in [6.45, 7) is 5.93. The number of likely N-dealkylation sites (N-methyl/N-ethyl adjacent to an activating group) is 1. The molecule has 0 unspecified atom stereocenters. The van der Waals surface area contributed by atoms with E-state index in [1.165, 1.54) is 12.1 Å².